The third kappa shape index (κ3) is 3.20. The van der Waals surface area contributed by atoms with E-state index >= 15 is 4.39 Å². The second-order valence-electron chi connectivity index (χ2n) is 6.30. The molecule has 0 spiro atoms. The SMILES string of the molecule is Fc1[c]c(F)c(F)c(C(F)(c2c(F)c(F)c(F)c(F)c2F)c2c(F)c(F)c(F)c(F)c2F)c1F. The maximum atomic E-state index is 16.2. The fourth-order valence-corrected chi connectivity index (χ4v) is 3.01. The Morgan fingerprint density at radius 1 is 0.324 bits per heavy atom. The monoisotopic (exact) mass is 513 g/mol. The van der Waals surface area contributed by atoms with Gasteiger partial charge in [-0.05, 0) is 0 Å². The third-order valence-electron chi connectivity index (χ3n) is 4.50. The van der Waals surface area contributed by atoms with Crippen molar-refractivity contribution >= 4 is 0 Å². The fraction of sp³-hybridized carbons (Fsp3) is 0.0526. The highest BCUT2D eigenvalue weighted by molar-refractivity contribution is 5.51. The first-order valence-electron chi connectivity index (χ1n) is 8.08. The summed E-state index contributed by atoms with van der Waals surface area (Å²) in [5, 5.41) is 0. The van der Waals surface area contributed by atoms with Crippen molar-refractivity contribution in [2.45, 2.75) is 5.67 Å². The van der Waals surface area contributed by atoms with Crippen molar-refractivity contribution in [1.29, 1.82) is 0 Å². The summed E-state index contributed by atoms with van der Waals surface area (Å²) in [6, 6.07) is 0.603. The summed E-state index contributed by atoms with van der Waals surface area (Å²) >= 11 is 0. The zero-order chi connectivity index (χ0) is 26.0. The van der Waals surface area contributed by atoms with Crippen LogP contribution in [-0.4, -0.2) is 0 Å². The van der Waals surface area contributed by atoms with Crippen LogP contribution in [-0.2, 0) is 5.67 Å². The predicted octanol–water partition coefficient (Wildman–Crippen LogP) is 6.70. The normalized spacial score (nSPS) is 12.0. The lowest BCUT2D eigenvalue weighted by molar-refractivity contribution is 0.207. The van der Waals surface area contributed by atoms with Crippen LogP contribution in [0.1, 0.15) is 16.7 Å². The maximum Gasteiger partial charge on any atom is 0.203 e. The van der Waals surface area contributed by atoms with Gasteiger partial charge < -0.3 is 0 Å². The van der Waals surface area contributed by atoms with E-state index in [0.717, 1.165) is 0 Å². The lowest BCUT2D eigenvalue weighted by atomic mass is 9.79. The lowest BCUT2D eigenvalue weighted by Gasteiger charge is -2.29. The molecule has 0 bridgehead atoms. The molecule has 0 aliphatic rings. The van der Waals surface area contributed by atoms with Crippen LogP contribution in [0, 0.1) is 87.5 Å². The summed E-state index contributed by atoms with van der Waals surface area (Å²) in [4.78, 5) is 0. The molecule has 181 valence electrons. The van der Waals surface area contributed by atoms with Crippen molar-refractivity contribution in [3.05, 3.63) is 104 Å². The summed E-state index contributed by atoms with van der Waals surface area (Å²) in [5.74, 6) is -44.1. The zero-order valence-electron chi connectivity index (χ0n) is 15.2. The molecule has 0 N–H and O–H groups in total. The van der Waals surface area contributed by atoms with Gasteiger partial charge in [-0.1, -0.05) is 0 Å². The smallest absolute Gasteiger partial charge is 0.203 e. The van der Waals surface area contributed by atoms with Gasteiger partial charge in [0.2, 0.25) is 17.3 Å². The molecule has 3 rings (SSSR count). The van der Waals surface area contributed by atoms with E-state index in [-0.39, 0.29) is 0 Å². The molecule has 0 aliphatic heterocycles. The molecule has 0 saturated carbocycles. The summed E-state index contributed by atoms with van der Waals surface area (Å²) in [7, 11) is 0. The second kappa shape index (κ2) is 8.13. The summed E-state index contributed by atoms with van der Waals surface area (Å²) in [6.07, 6.45) is 0. The van der Waals surface area contributed by atoms with Gasteiger partial charge in [-0.25, -0.2) is 65.9 Å². The predicted molar refractivity (Wildman–Crippen MR) is 78.6 cm³/mol. The average molecular weight is 513 g/mol. The molecule has 0 atom stereocenters. The second-order valence-corrected chi connectivity index (χ2v) is 6.30. The van der Waals surface area contributed by atoms with Gasteiger partial charge in [-0.3, -0.25) is 0 Å². The van der Waals surface area contributed by atoms with Crippen molar-refractivity contribution < 1.29 is 65.9 Å². The Bertz CT molecular complexity index is 1210. The minimum Gasteiger partial charge on any atom is -0.227 e. The standard InChI is InChI=1S/C19F15/c20-2-1-3(21)8(23)4(7(2)22)19(34,5-9(24)13(28)17(32)14(29)10(5)25)6-11(26)15(30)18(33)16(31)12(6)27. The molecule has 0 aliphatic carbocycles. The van der Waals surface area contributed by atoms with Crippen LogP contribution in [0.4, 0.5) is 65.9 Å². The molecule has 0 saturated heterocycles. The molecule has 3 aromatic carbocycles. The van der Waals surface area contributed by atoms with Crippen molar-refractivity contribution in [2.24, 2.45) is 0 Å². The van der Waals surface area contributed by atoms with Gasteiger partial charge in [0, 0.05) is 0 Å². The van der Waals surface area contributed by atoms with Crippen LogP contribution in [0.15, 0.2) is 0 Å². The zero-order valence-corrected chi connectivity index (χ0v) is 15.2. The van der Waals surface area contributed by atoms with Crippen LogP contribution in [0.2, 0.25) is 0 Å². The quantitative estimate of drug-likeness (QED) is 0.158. The highest BCUT2D eigenvalue weighted by atomic mass is 19.2. The molecule has 15 heteroatoms. The van der Waals surface area contributed by atoms with Crippen molar-refractivity contribution in [2.75, 3.05) is 0 Å². The van der Waals surface area contributed by atoms with Gasteiger partial charge in [0.25, 0.3) is 0 Å². The van der Waals surface area contributed by atoms with Crippen LogP contribution >= 0.6 is 0 Å². The highest BCUT2D eigenvalue weighted by Gasteiger charge is 2.54. The van der Waals surface area contributed by atoms with Crippen molar-refractivity contribution in [3.8, 4) is 0 Å². The lowest BCUT2D eigenvalue weighted by Crippen LogP contribution is -2.34. The van der Waals surface area contributed by atoms with Crippen LogP contribution in [0.25, 0.3) is 0 Å². The van der Waals surface area contributed by atoms with Crippen LogP contribution < -0.4 is 0 Å². The third-order valence-corrected chi connectivity index (χ3v) is 4.50. The molecular formula is C19F15. The largest absolute Gasteiger partial charge is 0.227 e. The molecule has 34 heavy (non-hydrogen) atoms. The van der Waals surface area contributed by atoms with E-state index in [9.17, 15) is 61.5 Å². The van der Waals surface area contributed by atoms with Crippen molar-refractivity contribution in [3.63, 3.8) is 0 Å². The molecule has 0 heterocycles. The Morgan fingerprint density at radius 3 is 0.794 bits per heavy atom. The maximum absolute atomic E-state index is 16.2. The van der Waals surface area contributed by atoms with E-state index in [1.54, 1.807) is 0 Å². The highest BCUT2D eigenvalue weighted by Crippen LogP contribution is 2.49. The Balaban J connectivity index is 2.76. The molecule has 1 radical (unpaired) electrons. The van der Waals surface area contributed by atoms with Crippen LogP contribution in [0.5, 0.6) is 0 Å². The Kier molecular flexibility index (Phi) is 6.03. The van der Waals surface area contributed by atoms with E-state index in [1.807, 2.05) is 0 Å². The minimum absolute atomic E-state index is 0.603. The number of halogens is 15. The van der Waals surface area contributed by atoms with Crippen LogP contribution in [0.3, 0.4) is 0 Å². The molecule has 3 aromatic rings. The van der Waals surface area contributed by atoms with Gasteiger partial charge in [-0.15, -0.1) is 0 Å². The van der Waals surface area contributed by atoms with Gasteiger partial charge in [0.15, 0.2) is 69.8 Å². The number of rotatable bonds is 3. The molecular weight excluding hydrogens is 513 g/mol. The summed E-state index contributed by atoms with van der Waals surface area (Å²) in [5.41, 5.74) is -15.5. The summed E-state index contributed by atoms with van der Waals surface area (Å²) < 4.78 is 211. The first-order chi connectivity index (χ1) is 15.6. The number of hydrogen-bond acceptors (Lipinski definition) is 0. The Labute approximate surface area is 176 Å². The fourth-order valence-electron chi connectivity index (χ4n) is 3.01. The Hall–Kier alpha value is -3.39. The Morgan fingerprint density at radius 2 is 0.529 bits per heavy atom. The summed E-state index contributed by atoms with van der Waals surface area (Å²) in [6.45, 7) is 0. The molecule has 0 aromatic heterocycles. The van der Waals surface area contributed by atoms with Crippen molar-refractivity contribution in [1.82, 2.24) is 0 Å². The van der Waals surface area contributed by atoms with Gasteiger partial charge >= 0.3 is 0 Å². The first kappa shape index (κ1) is 25.2. The van der Waals surface area contributed by atoms with E-state index in [1.165, 1.54) is 0 Å². The molecule has 0 unspecified atom stereocenters. The number of hydrogen-bond donors (Lipinski definition) is 0. The molecule has 0 fully saturated rings. The average Bonchev–Trinajstić information content (AvgIpc) is 2.77. The number of benzene rings is 3. The number of alkyl halides is 1. The van der Waals surface area contributed by atoms with E-state index in [4.69, 9.17) is 0 Å². The molecule has 0 amide bonds. The van der Waals surface area contributed by atoms with Gasteiger partial charge in [0.05, 0.1) is 22.8 Å². The first-order valence-corrected chi connectivity index (χ1v) is 8.08. The van der Waals surface area contributed by atoms with E-state index in [2.05, 4.69) is 0 Å². The topological polar surface area (TPSA) is 0 Å². The van der Waals surface area contributed by atoms with Gasteiger partial charge in [0.1, 0.15) is 0 Å². The van der Waals surface area contributed by atoms with E-state index < -0.39 is 104 Å². The molecule has 0 nitrogen and oxygen atoms in total. The minimum atomic E-state index is -5.79. The van der Waals surface area contributed by atoms with Gasteiger partial charge in [-0.2, -0.15) is 0 Å². The van der Waals surface area contributed by atoms with E-state index in [0.29, 0.717) is 6.07 Å².